The molecule has 1 fully saturated rings. The lowest BCUT2D eigenvalue weighted by Gasteiger charge is -2.27. The van der Waals surface area contributed by atoms with Crippen molar-refractivity contribution in [1.29, 1.82) is 5.26 Å². The molecule has 18 heavy (non-hydrogen) atoms. The van der Waals surface area contributed by atoms with Crippen molar-refractivity contribution < 1.29 is 4.79 Å². The quantitative estimate of drug-likeness (QED) is 0.719. The Kier molecular flexibility index (Phi) is 5.57. The van der Waals surface area contributed by atoms with Crippen LogP contribution < -0.4 is 0 Å². The highest BCUT2D eigenvalue weighted by Gasteiger charge is 2.32. The Hall–Kier alpha value is -1.12. The van der Waals surface area contributed by atoms with Gasteiger partial charge in [0.25, 0.3) is 0 Å². The van der Waals surface area contributed by atoms with Crippen molar-refractivity contribution in [2.75, 3.05) is 47.3 Å². The van der Waals surface area contributed by atoms with E-state index in [1.165, 1.54) is 0 Å². The van der Waals surface area contributed by atoms with Crippen molar-refractivity contribution in [1.82, 2.24) is 14.7 Å². The zero-order valence-electron chi connectivity index (χ0n) is 11.9. The molecule has 0 saturated carbocycles. The smallest absolute Gasteiger partial charge is 0.241 e. The number of carbonyl (C=O) groups is 1. The highest BCUT2D eigenvalue weighted by Crippen LogP contribution is 2.16. The molecule has 102 valence electrons. The van der Waals surface area contributed by atoms with Crippen LogP contribution in [0.15, 0.2) is 0 Å². The Labute approximate surface area is 110 Å². The van der Waals surface area contributed by atoms with Gasteiger partial charge in [-0.3, -0.25) is 9.69 Å². The number of nitrogens with zero attached hydrogens (tertiary/aromatic N) is 4. The number of likely N-dealkylation sites (N-methyl/N-ethyl adjacent to an activating group) is 2. The predicted molar refractivity (Wildman–Crippen MR) is 70.9 cm³/mol. The number of amides is 1. The van der Waals surface area contributed by atoms with Gasteiger partial charge in [-0.15, -0.1) is 0 Å². The van der Waals surface area contributed by atoms with Crippen molar-refractivity contribution in [2.45, 2.75) is 19.4 Å². The molecule has 0 aliphatic carbocycles. The molecule has 0 radical (unpaired) electrons. The van der Waals surface area contributed by atoms with E-state index in [4.69, 9.17) is 5.26 Å². The van der Waals surface area contributed by atoms with E-state index in [1.54, 1.807) is 0 Å². The van der Waals surface area contributed by atoms with E-state index < -0.39 is 0 Å². The molecule has 2 atom stereocenters. The largest absolute Gasteiger partial charge is 0.340 e. The van der Waals surface area contributed by atoms with Crippen molar-refractivity contribution in [3.8, 4) is 6.07 Å². The van der Waals surface area contributed by atoms with Gasteiger partial charge in [-0.2, -0.15) is 5.26 Å². The molecule has 0 aromatic carbocycles. The summed E-state index contributed by atoms with van der Waals surface area (Å²) >= 11 is 0. The number of carbonyl (C=O) groups excluding carboxylic acids is 1. The highest BCUT2D eigenvalue weighted by molar-refractivity contribution is 5.82. The average Bonchev–Trinajstić information content (AvgIpc) is 2.38. The van der Waals surface area contributed by atoms with Crippen molar-refractivity contribution in [3.63, 3.8) is 0 Å². The molecule has 1 heterocycles. The first kappa shape index (κ1) is 14.9. The Morgan fingerprint density at radius 2 is 2.11 bits per heavy atom. The Morgan fingerprint density at radius 1 is 1.44 bits per heavy atom. The van der Waals surface area contributed by atoms with Crippen LogP contribution in [0.2, 0.25) is 0 Å². The number of hydrogen-bond acceptors (Lipinski definition) is 4. The predicted octanol–water partition coefficient (Wildman–Crippen LogP) is 0.240. The number of nitriles is 1. The fourth-order valence-electron chi connectivity index (χ4n) is 2.39. The van der Waals surface area contributed by atoms with E-state index in [2.05, 4.69) is 17.9 Å². The van der Waals surface area contributed by atoms with Crippen LogP contribution >= 0.6 is 0 Å². The second-order valence-corrected chi connectivity index (χ2v) is 5.51. The van der Waals surface area contributed by atoms with Gasteiger partial charge in [0.15, 0.2) is 0 Å². The third kappa shape index (κ3) is 3.97. The zero-order chi connectivity index (χ0) is 13.7. The van der Waals surface area contributed by atoms with Crippen LogP contribution in [0.5, 0.6) is 0 Å². The first-order valence-corrected chi connectivity index (χ1v) is 6.46. The first-order chi connectivity index (χ1) is 8.45. The number of rotatable bonds is 4. The zero-order valence-corrected chi connectivity index (χ0v) is 11.9. The van der Waals surface area contributed by atoms with E-state index in [-0.39, 0.29) is 18.4 Å². The molecular formula is C13H24N4O. The average molecular weight is 252 g/mol. The molecule has 0 N–H and O–H groups in total. The third-order valence-electron chi connectivity index (χ3n) is 3.36. The van der Waals surface area contributed by atoms with Crippen LogP contribution in [0.3, 0.4) is 0 Å². The second-order valence-electron chi connectivity index (χ2n) is 5.51. The summed E-state index contributed by atoms with van der Waals surface area (Å²) in [4.78, 5) is 18.4. The van der Waals surface area contributed by atoms with Gasteiger partial charge in [0.05, 0.1) is 12.5 Å². The van der Waals surface area contributed by atoms with Crippen LogP contribution in [-0.4, -0.2) is 74.0 Å². The Bertz CT molecular complexity index is 323. The van der Waals surface area contributed by atoms with Crippen LogP contribution in [0.4, 0.5) is 0 Å². The standard InChI is InChI=1S/C13H24N4O/c1-11-9-16(4)12(5-6-14)13(18)17(10-11)8-7-15(2)3/h11-12H,5,7-10H2,1-4H3. The van der Waals surface area contributed by atoms with Gasteiger partial charge in [-0.05, 0) is 27.1 Å². The van der Waals surface area contributed by atoms with Gasteiger partial charge < -0.3 is 9.80 Å². The van der Waals surface area contributed by atoms with E-state index in [1.807, 2.05) is 30.9 Å². The SMILES string of the molecule is CC1CN(CCN(C)C)C(=O)C(CC#N)N(C)C1. The summed E-state index contributed by atoms with van der Waals surface area (Å²) in [7, 11) is 5.95. The fraction of sp³-hybridized carbons (Fsp3) is 0.846. The Morgan fingerprint density at radius 3 is 2.67 bits per heavy atom. The van der Waals surface area contributed by atoms with Gasteiger partial charge in [0.2, 0.25) is 5.91 Å². The molecule has 0 aromatic rings. The maximum atomic E-state index is 12.4. The molecule has 0 aromatic heterocycles. The molecule has 0 bridgehead atoms. The lowest BCUT2D eigenvalue weighted by molar-refractivity contribution is -0.135. The minimum atomic E-state index is -0.276. The van der Waals surface area contributed by atoms with Crippen molar-refractivity contribution in [2.24, 2.45) is 5.92 Å². The van der Waals surface area contributed by atoms with Gasteiger partial charge in [-0.25, -0.2) is 0 Å². The lowest BCUT2D eigenvalue weighted by atomic mass is 10.1. The van der Waals surface area contributed by atoms with E-state index >= 15 is 0 Å². The molecule has 1 rings (SSSR count). The molecule has 2 unspecified atom stereocenters. The van der Waals surface area contributed by atoms with Crippen molar-refractivity contribution >= 4 is 5.91 Å². The van der Waals surface area contributed by atoms with E-state index in [0.717, 1.165) is 26.2 Å². The van der Waals surface area contributed by atoms with Crippen LogP contribution in [0, 0.1) is 17.2 Å². The highest BCUT2D eigenvalue weighted by atomic mass is 16.2. The topological polar surface area (TPSA) is 50.6 Å². The normalized spacial score (nSPS) is 26.2. The molecule has 5 heteroatoms. The lowest BCUT2D eigenvalue weighted by Crippen LogP contribution is -2.46. The van der Waals surface area contributed by atoms with Gasteiger partial charge in [0.1, 0.15) is 6.04 Å². The Balaban J connectivity index is 2.76. The molecule has 1 aliphatic rings. The van der Waals surface area contributed by atoms with Crippen LogP contribution in [0.25, 0.3) is 0 Å². The molecule has 1 saturated heterocycles. The molecule has 1 amide bonds. The maximum Gasteiger partial charge on any atom is 0.241 e. The van der Waals surface area contributed by atoms with Crippen LogP contribution in [-0.2, 0) is 4.79 Å². The first-order valence-electron chi connectivity index (χ1n) is 6.46. The molecule has 5 nitrogen and oxygen atoms in total. The second kappa shape index (κ2) is 6.72. The molecule has 0 spiro atoms. The monoisotopic (exact) mass is 252 g/mol. The van der Waals surface area contributed by atoms with Crippen molar-refractivity contribution in [3.05, 3.63) is 0 Å². The minimum Gasteiger partial charge on any atom is -0.340 e. The third-order valence-corrected chi connectivity index (χ3v) is 3.36. The van der Waals surface area contributed by atoms with Gasteiger partial charge in [-0.1, -0.05) is 6.92 Å². The summed E-state index contributed by atoms with van der Waals surface area (Å²) < 4.78 is 0. The summed E-state index contributed by atoms with van der Waals surface area (Å²) in [6.45, 7) is 5.42. The van der Waals surface area contributed by atoms with E-state index in [0.29, 0.717) is 5.92 Å². The molecular weight excluding hydrogens is 228 g/mol. The van der Waals surface area contributed by atoms with E-state index in [9.17, 15) is 4.79 Å². The van der Waals surface area contributed by atoms with Gasteiger partial charge in [0, 0.05) is 26.2 Å². The van der Waals surface area contributed by atoms with Crippen LogP contribution in [0.1, 0.15) is 13.3 Å². The van der Waals surface area contributed by atoms with Gasteiger partial charge >= 0.3 is 0 Å². The molecule has 1 aliphatic heterocycles. The fourth-order valence-corrected chi connectivity index (χ4v) is 2.39. The summed E-state index contributed by atoms with van der Waals surface area (Å²) in [5.41, 5.74) is 0. The summed E-state index contributed by atoms with van der Waals surface area (Å²) in [6.07, 6.45) is 0.278. The summed E-state index contributed by atoms with van der Waals surface area (Å²) in [5.74, 6) is 0.551. The number of hydrogen-bond donors (Lipinski definition) is 0. The minimum absolute atomic E-state index is 0.102. The maximum absolute atomic E-state index is 12.4. The summed E-state index contributed by atoms with van der Waals surface area (Å²) in [5, 5.41) is 8.86. The summed E-state index contributed by atoms with van der Waals surface area (Å²) in [6, 6.07) is 1.85.